The van der Waals surface area contributed by atoms with Crippen molar-refractivity contribution in [1.29, 1.82) is 0 Å². The van der Waals surface area contributed by atoms with Crippen molar-refractivity contribution in [2.75, 3.05) is 37.9 Å². The van der Waals surface area contributed by atoms with Gasteiger partial charge in [-0.05, 0) is 66.6 Å². The van der Waals surface area contributed by atoms with Crippen LogP contribution < -0.4 is 23.8 Å². The summed E-state index contributed by atoms with van der Waals surface area (Å²) in [7, 11) is -0.478. The normalized spacial score (nSPS) is 11.0. The van der Waals surface area contributed by atoms with Crippen molar-refractivity contribution in [1.82, 2.24) is 5.32 Å². The van der Waals surface area contributed by atoms with Crippen LogP contribution in [0.2, 0.25) is 0 Å². The molecular formula is C26H30N2O6S. The summed E-state index contributed by atoms with van der Waals surface area (Å²) >= 11 is 0. The molecule has 8 nitrogen and oxygen atoms in total. The minimum Gasteiger partial charge on any atom is -0.497 e. The van der Waals surface area contributed by atoms with E-state index in [2.05, 4.69) is 5.32 Å². The molecule has 0 spiro atoms. The van der Waals surface area contributed by atoms with Crippen molar-refractivity contribution >= 4 is 21.6 Å². The second-order valence-corrected chi connectivity index (χ2v) is 9.83. The predicted molar refractivity (Wildman–Crippen MR) is 136 cm³/mol. The number of rotatable bonds is 11. The lowest BCUT2D eigenvalue weighted by Crippen LogP contribution is -2.30. The second kappa shape index (κ2) is 11.6. The zero-order valence-corrected chi connectivity index (χ0v) is 21.1. The van der Waals surface area contributed by atoms with Crippen LogP contribution in [0.5, 0.6) is 17.2 Å². The number of ether oxygens (including phenoxy) is 3. The molecule has 186 valence electrons. The molecule has 0 aliphatic rings. The Balaban J connectivity index is 1.60. The van der Waals surface area contributed by atoms with E-state index >= 15 is 0 Å². The van der Waals surface area contributed by atoms with Gasteiger partial charge in [0, 0.05) is 5.56 Å². The predicted octanol–water partition coefficient (Wildman–Crippen LogP) is 3.79. The van der Waals surface area contributed by atoms with E-state index in [-0.39, 0.29) is 12.5 Å². The Morgan fingerprint density at radius 3 is 2.17 bits per heavy atom. The zero-order chi connectivity index (χ0) is 25.4. The van der Waals surface area contributed by atoms with Gasteiger partial charge in [0.25, 0.3) is 5.91 Å². The van der Waals surface area contributed by atoms with Gasteiger partial charge in [-0.25, -0.2) is 8.42 Å². The van der Waals surface area contributed by atoms with Gasteiger partial charge in [-0.1, -0.05) is 18.2 Å². The van der Waals surface area contributed by atoms with Crippen LogP contribution >= 0.6 is 0 Å². The number of hydrogen-bond donors (Lipinski definition) is 1. The van der Waals surface area contributed by atoms with Crippen LogP contribution in [0.4, 0.5) is 5.69 Å². The van der Waals surface area contributed by atoms with Crippen LogP contribution in [0.25, 0.3) is 0 Å². The van der Waals surface area contributed by atoms with Crippen LogP contribution in [0.15, 0.2) is 66.7 Å². The van der Waals surface area contributed by atoms with E-state index in [4.69, 9.17) is 14.2 Å². The van der Waals surface area contributed by atoms with Gasteiger partial charge in [0.1, 0.15) is 23.9 Å². The third-order valence-corrected chi connectivity index (χ3v) is 6.39. The molecule has 0 heterocycles. The summed E-state index contributed by atoms with van der Waals surface area (Å²) in [5.41, 5.74) is 2.58. The molecule has 0 aliphatic heterocycles. The number of nitrogens with one attached hydrogen (secondary N) is 1. The van der Waals surface area contributed by atoms with Crippen molar-refractivity contribution < 1.29 is 27.4 Å². The number of anilines is 1. The number of benzene rings is 3. The Hall–Kier alpha value is -3.72. The van der Waals surface area contributed by atoms with E-state index in [0.717, 1.165) is 23.1 Å². The fraction of sp³-hybridized carbons (Fsp3) is 0.269. The van der Waals surface area contributed by atoms with Gasteiger partial charge in [0.15, 0.2) is 0 Å². The summed E-state index contributed by atoms with van der Waals surface area (Å²) in [6.07, 6.45) is 1.16. The fourth-order valence-electron chi connectivity index (χ4n) is 3.41. The summed E-state index contributed by atoms with van der Waals surface area (Å²) in [6.45, 7) is 2.65. The minimum atomic E-state index is -3.58. The van der Waals surface area contributed by atoms with E-state index in [1.54, 1.807) is 67.8 Å². The molecule has 0 saturated heterocycles. The Morgan fingerprint density at radius 2 is 1.57 bits per heavy atom. The van der Waals surface area contributed by atoms with E-state index in [1.807, 2.05) is 13.0 Å². The van der Waals surface area contributed by atoms with E-state index in [1.165, 1.54) is 11.4 Å². The first-order chi connectivity index (χ1) is 16.7. The molecule has 3 aromatic carbocycles. The van der Waals surface area contributed by atoms with Crippen LogP contribution in [-0.2, 0) is 16.6 Å². The van der Waals surface area contributed by atoms with Gasteiger partial charge in [0.05, 0.1) is 39.3 Å². The topological polar surface area (TPSA) is 94.2 Å². The van der Waals surface area contributed by atoms with Crippen LogP contribution in [0.1, 0.15) is 21.5 Å². The van der Waals surface area contributed by atoms with E-state index in [9.17, 15) is 13.2 Å². The number of carbonyl (C=O) groups is 1. The quantitative estimate of drug-likeness (QED) is 0.404. The van der Waals surface area contributed by atoms with Gasteiger partial charge in [-0.2, -0.15) is 0 Å². The molecule has 0 unspecified atom stereocenters. The number of nitrogens with zero attached hydrogens (tertiary/aromatic N) is 1. The maximum atomic E-state index is 12.6. The van der Waals surface area contributed by atoms with Crippen molar-refractivity contribution in [2.24, 2.45) is 0 Å². The Kier molecular flexibility index (Phi) is 8.59. The molecule has 0 aromatic heterocycles. The molecule has 0 radical (unpaired) electrons. The highest BCUT2D eigenvalue weighted by molar-refractivity contribution is 7.92. The SMILES string of the molecule is COc1ccc(OCCNC(=O)c2ccc(CN(c3cc(C)ccc3OC)S(C)(=O)=O)cc2)cc1. The largest absolute Gasteiger partial charge is 0.497 e. The fourth-order valence-corrected chi connectivity index (χ4v) is 4.29. The molecule has 0 fully saturated rings. The van der Waals surface area contributed by atoms with Crippen LogP contribution in [0.3, 0.4) is 0 Å². The standard InChI is InChI=1S/C26H30N2O6S/c1-19-5-14-25(33-3)24(17-19)28(35(4,30)31)18-20-6-8-21(9-7-20)26(29)27-15-16-34-23-12-10-22(32-2)11-13-23/h5-14,17H,15-16,18H2,1-4H3,(H,27,29). The van der Waals surface area contributed by atoms with Gasteiger partial charge >= 0.3 is 0 Å². The van der Waals surface area contributed by atoms with Crippen molar-refractivity contribution in [3.05, 3.63) is 83.4 Å². The highest BCUT2D eigenvalue weighted by atomic mass is 32.2. The molecule has 35 heavy (non-hydrogen) atoms. The second-order valence-electron chi connectivity index (χ2n) is 7.92. The Morgan fingerprint density at radius 1 is 0.914 bits per heavy atom. The molecule has 0 bridgehead atoms. The molecule has 1 N–H and O–H groups in total. The lowest BCUT2D eigenvalue weighted by molar-refractivity contribution is 0.0947. The zero-order valence-electron chi connectivity index (χ0n) is 20.3. The summed E-state index contributed by atoms with van der Waals surface area (Å²) in [5.74, 6) is 1.65. The maximum Gasteiger partial charge on any atom is 0.251 e. The summed E-state index contributed by atoms with van der Waals surface area (Å²) < 4.78 is 42.5. The smallest absolute Gasteiger partial charge is 0.251 e. The number of hydrogen-bond acceptors (Lipinski definition) is 6. The third-order valence-electron chi connectivity index (χ3n) is 5.26. The monoisotopic (exact) mass is 498 g/mol. The highest BCUT2D eigenvalue weighted by Gasteiger charge is 2.22. The molecular weight excluding hydrogens is 468 g/mol. The number of sulfonamides is 1. The third kappa shape index (κ3) is 7.13. The molecule has 0 aliphatic carbocycles. The highest BCUT2D eigenvalue weighted by Crippen LogP contribution is 2.32. The van der Waals surface area contributed by atoms with Gasteiger partial charge in [-0.15, -0.1) is 0 Å². The lowest BCUT2D eigenvalue weighted by atomic mass is 10.1. The van der Waals surface area contributed by atoms with Crippen LogP contribution in [0, 0.1) is 6.92 Å². The first-order valence-corrected chi connectivity index (χ1v) is 12.8. The number of carbonyl (C=O) groups excluding carboxylic acids is 1. The average molecular weight is 499 g/mol. The molecule has 3 rings (SSSR count). The lowest BCUT2D eigenvalue weighted by Gasteiger charge is -2.25. The van der Waals surface area contributed by atoms with Crippen molar-refractivity contribution in [3.63, 3.8) is 0 Å². The average Bonchev–Trinajstić information content (AvgIpc) is 2.85. The summed E-state index contributed by atoms with van der Waals surface area (Å²) in [4.78, 5) is 12.5. The first kappa shape index (κ1) is 25.9. The van der Waals surface area contributed by atoms with Gasteiger partial charge in [0.2, 0.25) is 10.0 Å². The van der Waals surface area contributed by atoms with Gasteiger partial charge in [-0.3, -0.25) is 9.10 Å². The molecule has 3 aromatic rings. The molecule has 0 atom stereocenters. The van der Waals surface area contributed by atoms with E-state index in [0.29, 0.717) is 35.9 Å². The number of methoxy groups -OCH3 is 2. The Labute approximate surface area is 206 Å². The summed E-state index contributed by atoms with van der Waals surface area (Å²) in [5, 5.41) is 2.81. The molecule has 0 saturated carbocycles. The maximum absolute atomic E-state index is 12.6. The van der Waals surface area contributed by atoms with Crippen LogP contribution in [-0.4, -0.2) is 48.0 Å². The van der Waals surface area contributed by atoms with Crippen molar-refractivity contribution in [3.8, 4) is 17.2 Å². The summed E-state index contributed by atoms with van der Waals surface area (Å²) in [6, 6.07) is 19.4. The number of aryl methyl sites for hydroxylation is 1. The first-order valence-electron chi connectivity index (χ1n) is 11.0. The molecule has 9 heteroatoms. The van der Waals surface area contributed by atoms with Crippen molar-refractivity contribution in [2.45, 2.75) is 13.5 Å². The van der Waals surface area contributed by atoms with E-state index < -0.39 is 10.0 Å². The Bertz CT molecular complexity index is 1240. The number of amides is 1. The van der Waals surface area contributed by atoms with Gasteiger partial charge < -0.3 is 19.5 Å². The molecule has 1 amide bonds. The minimum absolute atomic E-state index is 0.107.